The first-order valence-corrected chi connectivity index (χ1v) is 11.9. The lowest BCUT2D eigenvalue weighted by Crippen LogP contribution is -2.54. The minimum Gasteiger partial charge on any atom is -0.494 e. The molecule has 3 aromatic rings. The average Bonchev–Trinajstić information content (AvgIpc) is 2.86. The Morgan fingerprint density at radius 2 is 1.67 bits per heavy atom. The monoisotopic (exact) mass is 504 g/mol. The van der Waals surface area contributed by atoms with Crippen LogP contribution in [0.15, 0.2) is 72.3 Å². The summed E-state index contributed by atoms with van der Waals surface area (Å²) in [6.45, 7) is 4.92. The average molecular weight is 505 g/mol. The fourth-order valence-corrected chi connectivity index (χ4v) is 3.78. The molecule has 0 unspecified atom stereocenters. The lowest BCUT2D eigenvalue weighted by atomic mass is 10.1. The van der Waals surface area contributed by atoms with Crippen LogP contribution in [0.3, 0.4) is 0 Å². The molecule has 1 N–H and O–H groups in total. The standard InChI is InChI=1S/C28H25ClN2O5/c1-3-14-35-22-11-9-21(10-12-22)31-27(33)23(26(32)30-28(31)34)15-20-8-13-25(24(29)16-20)36-17-19-6-4-18(2)5-7-19/h4-13,15-16H,3,14,17H2,1-2H3,(H,30,32,34)/b23-15-. The second kappa shape index (κ2) is 11.1. The highest BCUT2D eigenvalue weighted by atomic mass is 35.5. The number of amides is 4. The Morgan fingerprint density at radius 3 is 2.33 bits per heavy atom. The lowest BCUT2D eigenvalue weighted by molar-refractivity contribution is -0.122. The van der Waals surface area contributed by atoms with Crippen LogP contribution >= 0.6 is 11.6 Å². The van der Waals surface area contributed by atoms with E-state index in [0.717, 1.165) is 22.4 Å². The molecule has 1 aliphatic rings. The van der Waals surface area contributed by atoms with Gasteiger partial charge >= 0.3 is 6.03 Å². The van der Waals surface area contributed by atoms with Crippen LogP contribution in [0, 0.1) is 6.92 Å². The van der Waals surface area contributed by atoms with Gasteiger partial charge in [-0.05, 0) is 66.9 Å². The summed E-state index contributed by atoms with van der Waals surface area (Å²) in [6, 6.07) is 18.6. The van der Waals surface area contributed by atoms with Crippen LogP contribution < -0.4 is 19.7 Å². The number of rotatable bonds is 8. The number of nitrogens with one attached hydrogen (secondary N) is 1. The van der Waals surface area contributed by atoms with Crippen LogP contribution in [0.2, 0.25) is 5.02 Å². The number of halogens is 1. The molecule has 0 spiro atoms. The Morgan fingerprint density at radius 1 is 0.944 bits per heavy atom. The number of ether oxygens (including phenoxy) is 2. The highest BCUT2D eigenvalue weighted by Gasteiger charge is 2.36. The van der Waals surface area contributed by atoms with E-state index in [1.54, 1.807) is 42.5 Å². The molecule has 0 aliphatic carbocycles. The molecule has 0 saturated carbocycles. The van der Waals surface area contributed by atoms with Gasteiger partial charge in [0.2, 0.25) is 0 Å². The van der Waals surface area contributed by atoms with Gasteiger partial charge < -0.3 is 9.47 Å². The molecule has 0 atom stereocenters. The smallest absolute Gasteiger partial charge is 0.335 e. The highest BCUT2D eigenvalue weighted by Crippen LogP contribution is 2.29. The SMILES string of the molecule is CCCOc1ccc(N2C(=O)NC(=O)/C(=C/c3ccc(OCc4ccc(C)cc4)c(Cl)c3)C2=O)cc1. The number of barbiturate groups is 1. The zero-order chi connectivity index (χ0) is 25.7. The maximum atomic E-state index is 13.1. The van der Waals surface area contributed by atoms with Crippen molar-refractivity contribution in [1.29, 1.82) is 0 Å². The second-order valence-electron chi connectivity index (χ2n) is 8.26. The Kier molecular flexibility index (Phi) is 7.71. The van der Waals surface area contributed by atoms with Gasteiger partial charge in [-0.3, -0.25) is 14.9 Å². The number of benzene rings is 3. The number of urea groups is 1. The molecule has 184 valence electrons. The molecule has 3 aromatic carbocycles. The Labute approximate surface area is 214 Å². The number of nitrogens with zero attached hydrogens (tertiary/aromatic N) is 1. The summed E-state index contributed by atoms with van der Waals surface area (Å²) < 4.78 is 11.4. The molecular formula is C28H25ClN2O5. The van der Waals surface area contributed by atoms with Crippen molar-refractivity contribution in [2.24, 2.45) is 0 Å². The largest absolute Gasteiger partial charge is 0.494 e. The number of carbonyl (C=O) groups excluding carboxylic acids is 3. The molecule has 4 rings (SSSR count). The van der Waals surface area contributed by atoms with Crippen LogP contribution in [-0.4, -0.2) is 24.5 Å². The first kappa shape index (κ1) is 25.0. The summed E-state index contributed by atoms with van der Waals surface area (Å²) in [6.07, 6.45) is 2.25. The molecule has 1 aliphatic heterocycles. The van der Waals surface area contributed by atoms with E-state index in [1.807, 2.05) is 38.1 Å². The number of hydrogen-bond donors (Lipinski definition) is 1. The van der Waals surface area contributed by atoms with Gasteiger partial charge in [0.1, 0.15) is 23.7 Å². The lowest BCUT2D eigenvalue weighted by Gasteiger charge is -2.26. The summed E-state index contributed by atoms with van der Waals surface area (Å²) in [4.78, 5) is 39.0. The number of anilines is 1. The maximum Gasteiger partial charge on any atom is 0.335 e. The van der Waals surface area contributed by atoms with E-state index in [4.69, 9.17) is 21.1 Å². The van der Waals surface area contributed by atoms with Gasteiger partial charge in [-0.15, -0.1) is 0 Å². The Hall–Kier alpha value is -4.10. The Balaban J connectivity index is 1.52. The van der Waals surface area contributed by atoms with Gasteiger partial charge in [0.25, 0.3) is 11.8 Å². The number of carbonyl (C=O) groups is 3. The van der Waals surface area contributed by atoms with E-state index in [2.05, 4.69) is 5.32 Å². The van der Waals surface area contributed by atoms with E-state index >= 15 is 0 Å². The normalized spacial score (nSPS) is 14.7. The second-order valence-corrected chi connectivity index (χ2v) is 8.67. The van der Waals surface area contributed by atoms with Gasteiger partial charge in [0, 0.05) is 0 Å². The van der Waals surface area contributed by atoms with E-state index in [1.165, 1.54) is 6.08 Å². The van der Waals surface area contributed by atoms with Crippen molar-refractivity contribution in [1.82, 2.24) is 5.32 Å². The van der Waals surface area contributed by atoms with Crippen LogP contribution in [0.25, 0.3) is 6.08 Å². The summed E-state index contributed by atoms with van der Waals surface area (Å²) >= 11 is 6.39. The van der Waals surface area contributed by atoms with Crippen molar-refractivity contribution < 1.29 is 23.9 Å². The zero-order valence-corrected chi connectivity index (χ0v) is 20.7. The molecule has 7 nitrogen and oxygen atoms in total. The molecular weight excluding hydrogens is 480 g/mol. The van der Waals surface area contributed by atoms with Crippen molar-refractivity contribution in [2.45, 2.75) is 26.9 Å². The maximum absolute atomic E-state index is 13.1. The topological polar surface area (TPSA) is 84.9 Å². The molecule has 4 amide bonds. The van der Waals surface area contributed by atoms with Crippen LogP contribution in [0.1, 0.15) is 30.0 Å². The van der Waals surface area contributed by atoms with Crippen molar-refractivity contribution in [2.75, 3.05) is 11.5 Å². The molecule has 0 aromatic heterocycles. The first-order valence-electron chi connectivity index (χ1n) is 11.5. The van der Waals surface area contributed by atoms with Crippen molar-refractivity contribution in [3.63, 3.8) is 0 Å². The summed E-state index contributed by atoms with van der Waals surface area (Å²) in [5, 5.41) is 2.55. The number of hydrogen-bond acceptors (Lipinski definition) is 5. The highest BCUT2D eigenvalue weighted by molar-refractivity contribution is 6.39. The van der Waals surface area contributed by atoms with E-state index < -0.39 is 17.8 Å². The minimum absolute atomic E-state index is 0.190. The quantitative estimate of drug-likeness (QED) is 0.315. The predicted molar refractivity (Wildman–Crippen MR) is 138 cm³/mol. The molecule has 36 heavy (non-hydrogen) atoms. The first-order chi connectivity index (χ1) is 17.4. The third-order valence-electron chi connectivity index (χ3n) is 5.45. The molecule has 1 fully saturated rings. The Bertz CT molecular complexity index is 1320. The van der Waals surface area contributed by atoms with Gasteiger partial charge in [-0.1, -0.05) is 54.4 Å². The number of aryl methyl sites for hydroxylation is 1. The van der Waals surface area contributed by atoms with Crippen molar-refractivity contribution >= 4 is 41.2 Å². The summed E-state index contributed by atoms with van der Waals surface area (Å²) in [7, 11) is 0. The van der Waals surface area contributed by atoms with Crippen LogP contribution in [-0.2, 0) is 16.2 Å². The summed E-state index contributed by atoms with van der Waals surface area (Å²) in [5.74, 6) is -0.417. The molecule has 0 radical (unpaired) electrons. The van der Waals surface area contributed by atoms with Gasteiger partial charge in [-0.25, -0.2) is 9.69 Å². The van der Waals surface area contributed by atoms with Gasteiger partial charge in [0.15, 0.2) is 0 Å². The number of imide groups is 2. The molecule has 8 heteroatoms. The fourth-order valence-electron chi connectivity index (χ4n) is 3.54. The van der Waals surface area contributed by atoms with E-state index in [-0.39, 0.29) is 5.57 Å². The van der Waals surface area contributed by atoms with Gasteiger partial charge in [0.05, 0.1) is 17.3 Å². The van der Waals surface area contributed by atoms with Crippen molar-refractivity contribution in [3.8, 4) is 11.5 Å². The zero-order valence-electron chi connectivity index (χ0n) is 19.9. The van der Waals surface area contributed by atoms with Crippen LogP contribution in [0.5, 0.6) is 11.5 Å². The third kappa shape index (κ3) is 5.75. The third-order valence-corrected chi connectivity index (χ3v) is 5.75. The van der Waals surface area contributed by atoms with Crippen LogP contribution in [0.4, 0.5) is 10.5 Å². The minimum atomic E-state index is -0.817. The molecule has 1 saturated heterocycles. The van der Waals surface area contributed by atoms with E-state index in [9.17, 15) is 14.4 Å². The van der Waals surface area contributed by atoms with E-state index in [0.29, 0.717) is 41.0 Å². The molecule has 0 bridgehead atoms. The molecule has 1 heterocycles. The van der Waals surface area contributed by atoms with Crippen molar-refractivity contribution in [3.05, 3.63) is 94.0 Å². The fraction of sp³-hybridized carbons (Fsp3) is 0.179. The predicted octanol–water partition coefficient (Wildman–Crippen LogP) is 5.68. The van der Waals surface area contributed by atoms with Gasteiger partial charge in [-0.2, -0.15) is 0 Å². The summed E-state index contributed by atoms with van der Waals surface area (Å²) in [5.41, 5.74) is 2.80.